The first-order chi connectivity index (χ1) is 11.7. The highest BCUT2D eigenvalue weighted by atomic mass is 16.5. The summed E-state index contributed by atoms with van der Waals surface area (Å²) < 4.78 is 11.6. The first-order valence-corrected chi connectivity index (χ1v) is 7.21. The Morgan fingerprint density at radius 3 is 2.62 bits per heavy atom. The number of aromatic nitrogens is 3. The van der Waals surface area contributed by atoms with E-state index in [2.05, 4.69) is 15.4 Å². The molecule has 0 aliphatic carbocycles. The number of carbonyl (C=O) groups excluding carboxylic acids is 1. The van der Waals surface area contributed by atoms with Crippen LogP contribution < -0.4 is 10.1 Å². The fraction of sp³-hybridized carbons (Fsp3) is 0.118. The molecule has 0 fully saturated rings. The van der Waals surface area contributed by atoms with Crippen LogP contribution in [-0.2, 0) is 4.74 Å². The Bertz CT molecular complexity index is 846. The number of nitrogens with zero attached hydrogens (tertiary/aromatic N) is 3. The van der Waals surface area contributed by atoms with Gasteiger partial charge in [-0.2, -0.15) is 4.98 Å². The van der Waals surface area contributed by atoms with Crippen molar-refractivity contribution in [1.29, 1.82) is 0 Å². The summed E-state index contributed by atoms with van der Waals surface area (Å²) in [5.74, 6) is 0.394. The van der Waals surface area contributed by atoms with E-state index in [4.69, 9.17) is 9.47 Å². The van der Waals surface area contributed by atoms with Crippen molar-refractivity contribution in [2.75, 3.05) is 19.5 Å². The molecule has 0 atom stereocenters. The molecule has 1 heterocycles. The number of anilines is 2. The highest BCUT2D eigenvalue weighted by molar-refractivity contribution is 5.93. The van der Waals surface area contributed by atoms with Crippen molar-refractivity contribution in [3.8, 4) is 11.4 Å². The molecule has 0 aliphatic heterocycles. The van der Waals surface area contributed by atoms with E-state index in [0.29, 0.717) is 22.9 Å². The Morgan fingerprint density at radius 2 is 1.92 bits per heavy atom. The molecule has 3 rings (SSSR count). The van der Waals surface area contributed by atoms with Gasteiger partial charge in [0.05, 0.1) is 19.9 Å². The van der Waals surface area contributed by atoms with Crippen LogP contribution in [0.15, 0.2) is 54.9 Å². The van der Waals surface area contributed by atoms with Crippen molar-refractivity contribution < 1.29 is 14.3 Å². The van der Waals surface area contributed by atoms with E-state index in [1.54, 1.807) is 29.2 Å². The average molecular weight is 324 g/mol. The second-order valence-corrected chi connectivity index (χ2v) is 4.88. The quantitative estimate of drug-likeness (QED) is 0.727. The second kappa shape index (κ2) is 6.82. The maximum Gasteiger partial charge on any atom is 0.341 e. The zero-order valence-electron chi connectivity index (χ0n) is 13.3. The van der Waals surface area contributed by atoms with E-state index in [1.807, 2.05) is 30.3 Å². The van der Waals surface area contributed by atoms with Crippen molar-refractivity contribution in [3.05, 3.63) is 60.4 Å². The lowest BCUT2D eigenvalue weighted by molar-refractivity contribution is 0.0597. The van der Waals surface area contributed by atoms with Crippen LogP contribution in [-0.4, -0.2) is 35.0 Å². The number of carbonyl (C=O) groups is 1. The second-order valence-electron chi connectivity index (χ2n) is 4.88. The number of benzene rings is 2. The van der Waals surface area contributed by atoms with Crippen LogP contribution >= 0.6 is 0 Å². The normalized spacial score (nSPS) is 10.2. The van der Waals surface area contributed by atoms with Gasteiger partial charge in [0, 0.05) is 11.8 Å². The zero-order chi connectivity index (χ0) is 16.9. The Hall–Kier alpha value is -3.35. The summed E-state index contributed by atoms with van der Waals surface area (Å²) in [6, 6.07) is 14.7. The zero-order valence-corrected chi connectivity index (χ0v) is 13.3. The summed E-state index contributed by atoms with van der Waals surface area (Å²) in [5.41, 5.74) is 1.97. The van der Waals surface area contributed by atoms with Gasteiger partial charge in [0.2, 0.25) is 5.95 Å². The van der Waals surface area contributed by atoms with Crippen LogP contribution in [0, 0.1) is 0 Å². The summed E-state index contributed by atoms with van der Waals surface area (Å²) in [7, 11) is 2.82. The highest BCUT2D eigenvalue weighted by Crippen LogP contribution is 2.25. The van der Waals surface area contributed by atoms with Gasteiger partial charge in [0.15, 0.2) is 0 Å². The van der Waals surface area contributed by atoms with Crippen molar-refractivity contribution in [2.45, 2.75) is 0 Å². The Balaban J connectivity index is 1.82. The maximum absolute atomic E-state index is 11.7. The van der Waals surface area contributed by atoms with Gasteiger partial charge >= 0.3 is 5.97 Å². The molecule has 1 aromatic heterocycles. The monoisotopic (exact) mass is 324 g/mol. The topological polar surface area (TPSA) is 78.3 Å². The van der Waals surface area contributed by atoms with Gasteiger partial charge in [-0.05, 0) is 24.3 Å². The molecule has 24 heavy (non-hydrogen) atoms. The molecule has 0 spiro atoms. The molecule has 0 unspecified atom stereocenters. The van der Waals surface area contributed by atoms with Crippen LogP contribution in [0.2, 0.25) is 0 Å². The first-order valence-electron chi connectivity index (χ1n) is 7.21. The van der Waals surface area contributed by atoms with Crippen molar-refractivity contribution >= 4 is 17.6 Å². The van der Waals surface area contributed by atoms with Crippen LogP contribution in [0.4, 0.5) is 11.6 Å². The Morgan fingerprint density at radius 1 is 1.12 bits per heavy atom. The van der Waals surface area contributed by atoms with E-state index in [1.165, 1.54) is 14.2 Å². The van der Waals surface area contributed by atoms with Crippen molar-refractivity contribution in [1.82, 2.24) is 14.8 Å². The standard InChI is InChI=1S/C17H16N4O3/c1-23-15-10-12(8-9-14(15)16(22)24-2)19-17-18-11-21(20-17)13-6-4-3-5-7-13/h3-11H,1-2H3,(H,19,20). The molecular formula is C17H16N4O3. The number of ether oxygens (including phenoxy) is 2. The fourth-order valence-corrected chi connectivity index (χ4v) is 2.20. The number of methoxy groups -OCH3 is 2. The summed E-state index contributed by atoms with van der Waals surface area (Å²) in [6.07, 6.45) is 1.62. The van der Waals surface area contributed by atoms with Gasteiger partial charge in [-0.25, -0.2) is 9.48 Å². The molecule has 0 radical (unpaired) electrons. The van der Waals surface area contributed by atoms with E-state index < -0.39 is 5.97 Å². The van der Waals surface area contributed by atoms with E-state index >= 15 is 0 Å². The SMILES string of the molecule is COC(=O)c1ccc(Nc2ncn(-c3ccccc3)n2)cc1OC. The highest BCUT2D eigenvalue weighted by Gasteiger charge is 2.13. The molecule has 0 saturated carbocycles. The summed E-state index contributed by atoms with van der Waals surface area (Å²) in [5, 5.41) is 7.44. The number of hydrogen-bond donors (Lipinski definition) is 1. The van der Waals surface area contributed by atoms with Gasteiger partial charge in [-0.1, -0.05) is 18.2 Å². The number of hydrogen-bond acceptors (Lipinski definition) is 6. The van der Waals surface area contributed by atoms with E-state index in [0.717, 1.165) is 5.69 Å². The van der Waals surface area contributed by atoms with Crippen LogP contribution in [0.3, 0.4) is 0 Å². The van der Waals surface area contributed by atoms with Crippen molar-refractivity contribution in [3.63, 3.8) is 0 Å². The van der Waals surface area contributed by atoms with Gasteiger partial charge in [-0.3, -0.25) is 0 Å². The molecule has 2 aromatic carbocycles. The summed E-state index contributed by atoms with van der Waals surface area (Å²) in [6.45, 7) is 0. The largest absolute Gasteiger partial charge is 0.496 e. The summed E-state index contributed by atoms with van der Waals surface area (Å²) in [4.78, 5) is 15.9. The van der Waals surface area contributed by atoms with Gasteiger partial charge in [0.25, 0.3) is 0 Å². The third kappa shape index (κ3) is 3.19. The van der Waals surface area contributed by atoms with Gasteiger partial charge in [-0.15, -0.1) is 5.10 Å². The Labute approximate surface area is 138 Å². The van der Waals surface area contributed by atoms with Crippen LogP contribution in [0.5, 0.6) is 5.75 Å². The van der Waals surface area contributed by atoms with Crippen LogP contribution in [0.1, 0.15) is 10.4 Å². The molecule has 3 aromatic rings. The number of para-hydroxylation sites is 1. The van der Waals surface area contributed by atoms with Crippen molar-refractivity contribution in [2.24, 2.45) is 0 Å². The Kier molecular flexibility index (Phi) is 4.42. The molecule has 0 amide bonds. The smallest absolute Gasteiger partial charge is 0.341 e. The molecule has 7 heteroatoms. The minimum atomic E-state index is -0.454. The van der Waals surface area contributed by atoms with E-state index in [-0.39, 0.29) is 0 Å². The molecule has 0 saturated heterocycles. The lowest BCUT2D eigenvalue weighted by atomic mass is 10.2. The third-order valence-corrected chi connectivity index (χ3v) is 3.38. The van der Waals surface area contributed by atoms with Gasteiger partial charge < -0.3 is 14.8 Å². The molecule has 122 valence electrons. The predicted octanol–water partition coefficient (Wildman–Crippen LogP) is 2.81. The predicted molar refractivity (Wildman–Crippen MR) is 89.0 cm³/mol. The summed E-state index contributed by atoms with van der Waals surface area (Å²) >= 11 is 0. The minimum Gasteiger partial charge on any atom is -0.496 e. The lowest BCUT2D eigenvalue weighted by Gasteiger charge is -2.09. The molecule has 0 aliphatic rings. The van der Waals surface area contributed by atoms with E-state index in [9.17, 15) is 4.79 Å². The average Bonchev–Trinajstić information content (AvgIpc) is 3.10. The maximum atomic E-state index is 11.7. The first kappa shape index (κ1) is 15.5. The number of nitrogens with one attached hydrogen (secondary N) is 1. The number of esters is 1. The minimum absolute atomic E-state index is 0.355. The fourth-order valence-electron chi connectivity index (χ4n) is 2.20. The van der Waals surface area contributed by atoms with Gasteiger partial charge in [0.1, 0.15) is 17.6 Å². The molecular weight excluding hydrogens is 308 g/mol. The molecule has 1 N–H and O–H groups in total. The molecule has 7 nitrogen and oxygen atoms in total. The third-order valence-electron chi connectivity index (χ3n) is 3.38. The van der Waals surface area contributed by atoms with Crippen LogP contribution in [0.25, 0.3) is 5.69 Å². The lowest BCUT2D eigenvalue weighted by Crippen LogP contribution is -2.04. The number of rotatable bonds is 5. The molecule has 0 bridgehead atoms.